The Balaban J connectivity index is 1.69. The highest BCUT2D eigenvalue weighted by molar-refractivity contribution is 9.10. The molecule has 2 atom stereocenters. The summed E-state index contributed by atoms with van der Waals surface area (Å²) in [6, 6.07) is 7.46. The van der Waals surface area contributed by atoms with Crippen molar-refractivity contribution in [3.8, 4) is 0 Å². The van der Waals surface area contributed by atoms with Crippen molar-refractivity contribution in [2.24, 2.45) is 5.92 Å². The van der Waals surface area contributed by atoms with E-state index in [2.05, 4.69) is 45.2 Å². The molecule has 0 amide bonds. The van der Waals surface area contributed by atoms with Crippen molar-refractivity contribution in [2.75, 3.05) is 13.1 Å². The minimum atomic E-state index is 0.578. The van der Waals surface area contributed by atoms with Crippen molar-refractivity contribution in [1.82, 2.24) is 10.2 Å². The molecule has 1 heterocycles. The number of nitrogens with one attached hydrogen (secondary N) is 1. The average Bonchev–Trinajstić information content (AvgIpc) is 3.19. The predicted octanol–water partition coefficient (Wildman–Crippen LogP) is 3.67. The van der Waals surface area contributed by atoms with Crippen LogP contribution in [0.4, 0.5) is 0 Å². The fourth-order valence-electron chi connectivity index (χ4n) is 2.85. The minimum absolute atomic E-state index is 0.578. The number of piperazine rings is 1. The average molecular weight is 344 g/mol. The summed E-state index contributed by atoms with van der Waals surface area (Å²) in [6.45, 7) is 5.49. The SMILES string of the molecule is CC1CNC(C2CC2)CN1Cc1ccc(Br)cc1Cl. The Labute approximate surface area is 128 Å². The normalized spacial score (nSPS) is 28.6. The zero-order valence-electron chi connectivity index (χ0n) is 11.2. The lowest BCUT2D eigenvalue weighted by atomic mass is 10.0. The Morgan fingerprint density at radius 1 is 1.42 bits per heavy atom. The summed E-state index contributed by atoms with van der Waals surface area (Å²) in [7, 11) is 0. The monoisotopic (exact) mass is 342 g/mol. The van der Waals surface area contributed by atoms with E-state index < -0.39 is 0 Å². The zero-order valence-corrected chi connectivity index (χ0v) is 13.5. The van der Waals surface area contributed by atoms with Crippen molar-refractivity contribution >= 4 is 27.5 Å². The number of hydrogen-bond acceptors (Lipinski definition) is 2. The molecule has 1 saturated carbocycles. The van der Waals surface area contributed by atoms with Gasteiger partial charge in [-0.1, -0.05) is 33.6 Å². The molecular formula is C15H20BrClN2. The standard InChI is InChI=1S/C15H20BrClN2/c1-10-7-18-15(11-2-3-11)9-19(10)8-12-4-5-13(16)6-14(12)17/h4-6,10-11,15,18H,2-3,7-9H2,1H3. The molecule has 1 aromatic rings. The highest BCUT2D eigenvalue weighted by Crippen LogP contribution is 2.34. The van der Waals surface area contributed by atoms with E-state index in [-0.39, 0.29) is 0 Å². The van der Waals surface area contributed by atoms with Gasteiger partial charge in [0.05, 0.1) is 0 Å². The van der Waals surface area contributed by atoms with Gasteiger partial charge in [-0.2, -0.15) is 0 Å². The van der Waals surface area contributed by atoms with Crippen LogP contribution >= 0.6 is 27.5 Å². The van der Waals surface area contributed by atoms with Crippen molar-refractivity contribution in [2.45, 2.75) is 38.4 Å². The maximum atomic E-state index is 6.34. The summed E-state index contributed by atoms with van der Waals surface area (Å²) >= 11 is 9.80. The van der Waals surface area contributed by atoms with Crippen molar-refractivity contribution in [3.63, 3.8) is 0 Å². The third-order valence-corrected chi connectivity index (χ3v) is 5.15. The number of benzene rings is 1. The first kappa shape index (κ1) is 13.9. The van der Waals surface area contributed by atoms with Gasteiger partial charge in [0.1, 0.15) is 0 Å². The van der Waals surface area contributed by atoms with Gasteiger partial charge in [-0.3, -0.25) is 4.90 Å². The first-order valence-electron chi connectivity index (χ1n) is 7.05. The quantitative estimate of drug-likeness (QED) is 0.901. The van der Waals surface area contributed by atoms with Gasteiger partial charge in [0.25, 0.3) is 0 Å². The lowest BCUT2D eigenvalue weighted by Gasteiger charge is -2.39. The van der Waals surface area contributed by atoms with Crippen molar-refractivity contribution in [1.29, 1.82) is 0 Å². The lowest BCUT2D eigenvalue weighted by Crippen LogP contribution is -2.55. The number of halogens is 2. The molecule has 1 aliphatic carbocycles. The van der Waals surface area contributed by atoms with Crippen LogP contribution in [0.15, 0.2) is 22.7 Å². The summed E-state index contributed by atoms with van der Waals surface area (Å²) in [4.78, 5) is 2.56. The van der Waals surface area contributed by atoms with E-state index >= 15 is 0 Å². The number of hydrogen-bond donors (Lipinski definition) is 1. The molecule has 2 aliphatic rings. The molecule has 1 aliphatic heterocycles. The molecule has 0 spiro atoms. The van der Waals surface area contributed by atoms with E-state index in [1.165, 1.54) is 18.4 Å². The molecule has 0 bridgehead atoms. The molecule has 0 aromatic heterocycles. The van der Waals surface area contributed by atoms with E-state index in [0.717, 1.165) is 35.0 Å². The molecular weight excluding hydrogens is 324 g/mol. The van der Waals surface area contributed by atoms with Crippen LogP contribution in [-0.2, 0) is 6.54 Å². The van der Waals surface area contributed by atoms with E-state index in [1.807, 2.05) is 6.07 Å². The van der Waals surface area contributed by atoms with Gasteiger partial charge in [-0.15, -0.1) is 0 Å². The van der Waals surface area contributed by atoms with Crippen molar-refractivity contribution in [3.05, 3.63) is 33.3 Å². The third-order valence-electron chi connectivity index (χ3n) is 4.31. The molecule has 2 unspecified atom stereocenters. The zero-order chi connectivity index (χ0) is 13.4. The Hall–Kier alpha value is -0.0900. The molecule has 1 aromatic carbocycles. The summed E-state index contributed by atoms with van der Waals surface area (Å²) in [5, 5.41) is 4.55. The maximum Gasteiger partial charge on any atom is 0.0462 e. The van der Waals surface area contributed by atoms with Crippen LogP contribution in [0.25, 0.3) is 0 Å². The van der Waals surface area contributed by atoms with Gasteiger partial charge >= 0.3 is 0 Å². The Morgan fingerprint density at radius 3 is 2.89 bits per heavy atom. The molecule has 1 saturated heterocycles. The van der Waals surface area contributed by atoms with E-state index in [4.69, 9.17) is 11.6 Å². The summed E-state index contributed by atoms with van der Waals surface area (Å²) < 4.78 is 1.05. The molecule has 19 heavy (non-hydrogen) atoms. The van der Waals surface area contributed by atoms with E-state index in [9.17, 15) is 0 Å². The highest BCUT2D eigenvalue weighted by Gasteiger charge is 2.35. The number of nitrogens with zero attached hydrogens (tertiary/aromatic N) is 1. The summed E-state index contributed by atoms with van der Waals surface area (Å²) in [5.41, 5.74) is 1.23. The molecule has 3 rings (SSSR count). The van der Waals surface area contributed by atoms with E-state index in [1.54, 1.807) is 0 Å². The predicted molar refractivity (Wildman–Crippen MR) is 83.5 cm³/mol. The van der Waals surface area contributed by atoms with Gasteiger partial charge < -0.3 is 5.32 Å². The van der Waals surface area contributed by atoms with Crippen LogP contribution in [0.5, 0.6) is 0 Å². The van der Waals surface area contributed by atoms with Gasteiger partial charge in [0, 0.05) is 41.2 Å². The molecule has 1 N–H and O–H groups in total. The largest absolute Gasteiger partial charge is 0.311 e. The molecule has 0 radical (unpaired) electrons. The van der Waals surface area contributed by atoms with Gasteiger partial charge in [0.2, 0.25) is 0 Å². The van der Waals surface area contributed by atoms with Gasteiger partial charge in [-0.25, -0.2) is 0 Å². The van der Waals surface area contributed by atoms with Gasteiger partial charge in [-0.05, 0) is 43.4 Å². The molecule has 4 heteroatoms. The van der Waals surface area contributed by atoms with Crippen LogP contribution in [0.3, 0.4) is 0 Å². The van der Waals surface area contributed by atoms with Crippen LogP contribution in [-0.4, -0.2) is 30.1 Å². The Kier molecular flexibility index (Phi) is 4.18. The van der Waals surface area contributed by atoms with Crippen LogP contribution in [0.2, 0.25) is 5.02 Å². The highest BCUT2D eigenvalue weighted by atomic mass is 79.9. The lowest BCUT2D eigenvalue weighted by molar-refractivity contribution is 0.125. The van der Waals surface area contributed by atoms with Gasteiger partial charge in [0.15, 0.2) is 0 Å². The van der Waals surface area contributed by atoms with Crippen LogP contribution in [0.1, 0.15) is 25.3 Å². The Bertz CT molecular complexity index is 461. The van der Waals surface area contributed by atoms with Crippen LogP contribution < -0.4 is 5.32 Å². The van der Waals surface area contributed by atoms with E-state index in [0.29, 0.717) is 12.1 Å². The first-order valence-corrected chi connectivity index (χ1v) is 8.22. The van der Waals surface area contributed by atoms with Crippen molar-refractivity contribution < 1.29 is 0 Å². The van der Waals surface area contributed by atoms with Crippen LogP contribution in [0, 0.1) is 5.92 Å². The summed E-state index contributed by atoms with van der Waals surface area (Å²) in [5.74, 6) is 0.912. The second-order valence-electron chi connectivity index (χ2n) is 5.87. The smallest absolute Gasteiger partial charge is 0.0462 e. The summed E-state index contributed by atoms with van der Waals surface area (Å²) in [6.07, 6.45) is 2.80. The first-order chi connectivity index (χ1) is 9.13. The molecule has 2 fully saturated rings. The molecule has 2 nitrogen and oxygen atoms in total. The Morgan fingerprint density at radius 2 is 2.21 bits per heavy atom. The minimum Gasteiger partial charge on any atom is -0.311 e. The maximum absolute atomic E-state index is 6.34. The third kappa shape index (κ3) is 3.33. The second kappa shape index (κ2) is 5.72. The fraction of sp³-hybridized carbons (Fsp3) is 0.600. The fourth-order valence-corrected chi connectivity index (χ4v) is 3.58. The molecule has 104 valence electrons. The number of rotatable bonds is 3. The second-order valence-corrected chi connectivity index (χ2v) is 7.19. The topological polar surface area (TPSA) is 15.3 Å².